The van der Waals surface area contributed by atoms with Crippen molar-refractivity contribution in [3.05, 3.63) is 502 Å². The molecule has 1 saturated heterocycles. The van der Waals surface area contributed by atoms with Crippen LogP contribution in [-0.2, 0) is 93.6 Å². The monoisotopic (exact) mass is 2010 g/mol. The van der Waals surface area contributed by atoms with Gasteiger partial charge in [0.25, 0.3) is 3.79 Å². The Morgan fingerprint density at radius 3 is 0.651 bits per heavy atom. The molecule has 0 aromatic heterocycles. The van der Waals surface area contributed by atoms with Crippen molar-refractivity contribution < 1.29 is 106 Å². The quantitative estimate of drug-likeness (QED) is 0.0102. The van der Waals surface area contributed by atoms with Gasteiger partial charge in [-0.3, -0.25) is 24.6 Å². The van der Waals surface area contributed by atoms with Gasteiger partial charge in [-0.15, -0.1) is 0 Å². The van der Waals surface area contributed by atoms with Crippen molar-refractivity contribution in [3.8, 4) is 69.0 Å². The molecule has 26 heteroatoms. The van der Waals surface area contributed by atoms with Crippen molar-refractivity contribution in [2.45, 2.75) is 118 Å². The van der Waals surface area contributed by atoms with Crippen LogP contribution in [0.25, 0.3) is 0 Å². The Balaban J connectivity index is 0.965. The Labute approximate surface area is 858 Å². The topological polar surface area (TPSA) is 302 Å². The number of aliphatic hydroxyl groups is 4. The van der Waals surface area contributed by atoms with Gasteiger partial charge in [-0.1, -0.05) is 399 Å². The molecule has 23 nitrogen and oxygen atoms in total. The maximum absolute atomic E-state index is 18.7. The first-order valence-electron chi connectivity index (χ1n) is 46.9. The largest absolute Gasteiger partial charge is 0.485 e. The van der Waals surface area contributed by atoms with E-state index in [0.717, 1.165) is 36.4 Å². The highest BCUT2D eigenvalue weighted by molar-refractivity contribution is 6.76. The van der Waals surface area contributed by atoms with Gasteiger partial charge >= 0.3 is 0 Å². The highest BCUT2D eigenvalue weighted by Crippen LogP contribution is 2.56. The van der Waals surface area contributed by atoms with Crippen molar-refractivity contribution in [1.82, 2.24) is 0 Å². The molecule has 0 aliphatic carbocycles. The number of aliphatic hydroxyl groups excluding tert-OH is 1. The Morgan fingerprint density at radius 1 is 0.274 bits per heavy atom. The van der Waals surface area contributed by atoms with Crippen LogP contribution in [0, 0.1) is 5.41 Å². The zero-order valence-corrected chi connectivity index (χ0v) is 81.0. The smallest absolute Gasteiger partial charge is 0.265 e. The number of hydrogen-bond acceptors (Lipinski definition) is 23. The Morgan fingerprint density at radius 2 is 0.452 bits per heavy atom. The van der Waals surface area contributed by atoms with E-state index in [1.807, 2.05) is 42.5 Å². The second-order valence-corrected chi connectivity index (χ2v) is 36.7. The normalized spacial score (nSPS) is 16.0. The molecule has 16 aromatic rings. The zero-order chi connectivity index (χ0) is 101. The van der Waals surface area contributed by atoms with Crippen molar-refractivity contribution in [2.75, 3.05) is 0 Å². The van der Waals surface area contributed by atoms with Crippen LogP contribution in [0.2, 0.25) is 0 Å². The number of carbonyl (C=O) groups is 4. The number of alkyl halides is 3. The first-order chi connectivity index (χ1) is 71.1. The number of hydrogen-bond donors (Lipinski definition) is 5. The second-order valence-electron chi connectivity index (χ2n) is 34.4. The number of halogens is 3. The molecule has 5 N–H and O–H groups in total. The highest BCUT2D eigenvalue weighted by atomic mass is 35.6. The summed E-state index contributed by atoms with van der Waals surface area (Å²) >= 11 is 20.2. The van der Waals surface area contributed by atoms with E-state index in [2.05, 4.69) is 0 Å². The van der Waals surface area contributed by atoms with Crippen molar-refractivity contribution in [1.29, 1.82) is 5.41 Å². The lowest BCUT2D eigenvalue weighted by Crippen LogP contribution is -2.87. The summed E-state index contributed by atoms with van der Waals surface area (Å²) in [7, 11) is 0. The van der Waals surface area contributed by atoms with Gasteiger partial charge in [0, 0.05) is 16.7 Å². The van der Waals surface area contributed by atoms with Gasteiger partial charge in [-0.25, -0.2) is 0 Å². The number of carbonyl (C=O) groups excluding carboxylic acids is 4. The predicted octanol–water partition coefficient (Wildman–Crippen LogP) is 23.2. The number of ether oxygens (including phenoxy) is 14. The molecule has 0 bridgehead atoms. The molecule has 1 aliphatic rings. The fourth-order valence-corrected chi connectivity index (χ4v) is 16.6. The number of Topliss-reactive ketones (excluding diaryl/α,β-unsaturated/α-hetero) is 4. The molecule has 17 rings (SSSR count). The van der Waals surface area contributed by atoms with Gasteiger partial charge in [0.15, 0.2) is 57.9 Å². The Kier molecular flexibility index (Phi) is 33.3. The van der Waals surface area contributed by atoms with Crippen LogP contribution in [-0.4, -0.2) is 82.4 Å². The highest BCUT2D eigenvalue weighted by Gasteiger charge is 2.83. The van der Waals surface area contributed by atoms with Gasteiger partial charge in [-0.2, -0.15) is 0 Å². The van der Waals surface area contributed by atoms with Crippen LogP contribution in [0.15, 0.2) is 413 Å². The van der Waals surface area contributed by atoms with Crippen LogP contribution in [0.1, 0.15) is 110 Å². The summed E-state index contributed by atoms with van der Waals surface area (Å²) < 4.78 is 91.5. The molecule has 0 amide bonds. The molecule has 146 heavy (non-hydrogen) atoms. The summed E-state index contributed by atoms with van der Waals surface area (Å²) in [5, 5.41) is 71.7. The molecule has 1 fully saturated rings. The fraction of sp³-hybridized carbons (Fsp3) is 0.158. The lowest BCUT2D eigenvalue weighted by molar-refractivity contribution is -0.334. The van der Waals surface area contributed by atoms with E-state index in [0.29, 0.717) is 66.8 Å². The van der Waals surface area contributed by atoms with E-state index in [-0.39, 0.29) is 148 Å². The van der Waals surface area contributed by atoms with Gasteiger partial charge in [0.05, 0.1) is 0 Å². The molecule has 0 radical (unpaired) electrons. The molecule has 1 heterocycles. The van der Waals surface area contributed by atoms with Crippen molar-refractivity contribution in [3.63, 3.8) is 0 Å². The minimum atomic E-state index is -4.98. The van der Waals surface area contributed by atoms with Gasteiger partial charge in [0.2, 0.25) is 69.3 Å². The molecule has 16 aromatic carbocycles. The molecule has 6 atom stereocenters. The average Bonchev–Trinajstić information content (AvgIpc) is 0.668. The summed E-state index contributed by atoms with van der Waals surface area (Å²) in [6, 6.07) is 115. The summed E-state index contributed by atoms with van der Waals surface area (Å²) in [5.41, 5.74) is -10.4. The SMILES string of the molecule is N=C(O[C@H]1O[C@H](C(=O)C(O)c2cc(OCc3ccccc3)c(OCc3ccccc3)c(OCc3ccccc3)c2)[C@](O)(C(=O)c2cc(OCc3ccccc3)c(OCc3ccccc3)c(OCc3ccccc3)c2)[C@@](O)(C(=O)c2cc(OCc3ccccc3)c(OCc3ccccc3)c(OCc3ccccc3)c2)[C@]1(O)C(=O)c1cc(OCc2ccccc2)c(OCc2ccccc2)c(OCc2ccccc2)c1)C(Cl)(Cl)Cl. The third-order valence-electron chi connectivity index (χ3n) is 24.1. The van der Waals surface area contributed by atoms with E-state index >= 15 is 34.5 Å². The van der Waals surface area contributed by atoms with E-state index in [1.54, 1.807) is 322 Å². The van der Waals surface area contributed by atoms with Crippen LogP contribution in [0.3, 0.4) is 0 Å². The third-order valence-corrected chi connectivity index (χ3v) is 24.6. The molecular formula is C120H100Cl3NO22. The Hall–Kier alpha value is -16.1. The lowest BCUT2D eigenvalue weighted by Gasteiger charge is -2.57. The second kappa shape index (κ2) is 47.9. The lowest BCUT2D eigenvalue weighted by atomic mass is 9.57. The van der Waals surface area contributed by atoms with Crippen molar-refractivity contribution in [2.24, 2.45) is 0 Å². The van der Waals surface area contributed by atoms with Crippen LogP contribution in [0.5, 0.6) is 69.0 Å². The Bertz CT molecular complexity index is 6830. The summed E-state index contributed by atoms with van der Waals surface area (Å²) in [6.45, 7) is -2.90. The molecule has 1 unspecified atom stereocenters. The van der Waals surface area contributed by atoms with E-state index in [9.17, 15) is 10.5 Å². The molecular weight excluding hydrogens is 1910 g/mol. The van der Waals surface area contributed by atoms with Crippen LogP contribution < -0.4 is 56.8 Å². The molecule has 738 valence electrons. The third kappa shape index (κ3) is 24.5. The standard InChI is InChI=1S/C120H100Cl3NO22/c121-120(122,123)115(124)146-116-118(131,112(128)95-65-101(137-73-85-45-21-5-22-46-85)109(143-79-91-57-33-11-34-58-91)102(66-95)138-74-86-47-23-6-24-48-86)119(132,113(129)96-67-103(139-75-87-49-25-7-26-50-87)110(144-80-92-59-35-12-36-60-92)104(68-96)140-76-88-51-27-8-28-52-88)117(130,111(127)94-63-99(135-71-83-41-17-3-18-42-83)108(142-78-90-55-31-10-32-56-90)100(64-94)136-72-84-43-19-4-20-44-84)114(145-116)106(126)105(125)93-61-97(133-69-81-37-13-1-14-38-81)107(141-77-89-53-29-9-30-54-89)98(62-93)134-70-82-39-15-2-16-40-82/h1-68,105,114,116,124-125,130-132H,69-80H2/t105?,114-,116-,117-,118+,119+/m1/s1. The minimum absolute atomic E-state index is 0.0625. The summed E-state index contributed by atoms with van der Waals surface area (Å²) in [6.07, 6.45) is -9.82. The number of ketones is 4. The van der Waals surface area contributed by atoms with Gasteiger partial charge in [-0.05, 0) is 121 Å². The fourth-order valence-electron chi connectivity index (χ4n) is 16.5. The van der Waals surface area contributed by atoms with Gasteiger partial charge < -0.3 is 86.7 Å². The number of nitrogens with one attached hydrogen (secondary N) is 1. The number of benzene rings is 16. The molecule has 1 aliphatic heterocycles. The first-order valence-corrected chi connectivity index (χ1v) is 48.0. The first kappa shape index (κ1) is 101. The zero-order valence-electron chi connectivity index (χ0n) is 78.7. The summed E-state index contributed by atoms with van der Waals surface area (Å²) in [4.78, 5) is 73.3. The predicted molar refractivity (Wildman–Crippen MR) is 551 cm³/mol. The molecule has 0 saturated carbocycles. The maximum atomic E-state index is 18.7. The minimum Gasteiger partial charge on any atom is -0.485 e. The summed E-state index contributed by atoms with van der Waals surface area (Å²) in [5.74, 6) is -12.5. The van der Waals surface area contributed by atoms with E-state index < -0.39 is 90.4 Å². The van der Waals surface area contributed by atoms with Crippen LogP contribution in [0.4, 0.5) is 0 Å². The van der Waals surface area contributed by atoms with E-state index in [1.165, 1.54) is 12.1 Å². The number of rotatable bonds is 46. The molecule has 0 spiro atoms. The maximum Gasteiger partial charge on any atom is 0.265 e. The van der Waals surface area contributed by atoms with Crippen LogP contribution >= 0.6 is 34.8 Å². The van der Waals surface area contributed by atoms with E-state index in [4.69, 9.17) is 101 Å². The van der Waals surface area contributed by atoms with Crippen molar-refractivity contribution >= 4 is 63.8 Å². The van der Waals surface area contributed by atoms with Gasteiger partial charge in [0.1, 0.15) is 85.4 Å². The average molecular weight is 2010 g/mol.